The van der Waals surface area contributed by atoms with Crippen LogP contribution in [0.25, 0.3) is 77.2 Å². The largest absolute Gasteiger partial charge is 0.309 e. The van der Waals surface area contributed by atoms with Crippen molar-refractivity contribution in [1.82, 2.24) is 9.13 Å². The first-order valence-corrected chi connectivity index (χ1v) is 14.1. The van der Waals surface area contributed by atoms with E-state index >= 15 is 0 Å². The molecular weight excluding hydrogens is 532 g/mol. The lowest BCUT2D eigenvalue weighted by atomic mass is 9.99. The average Bonchev–Trinajstić information content (AvgIpc) is 3.73. The molecule has 206 valence electrons. The van der Waals surface area contributed by atoms with Crippen LogP contribution in [0, 0.1) is 0 Å². The van der Waals surface area contributed by atoms with Crippen molar-refractivity contribution in [2.24, 2.45) is 0 Å². The third kappa shape index (κ3) is 3.82. The number of fused-ring (bicyclic) bond motifs is 6. The van der Waals surface area contributed by atoms with Crippen molar-refractivity contribution < 1.29 is 17.8 Å². The van der Waals surface area contributed by atoms with Gasteiger partial charge in [-0.1, -0.05) is 115 Å². The third-order valence-corrected chi connectivity index (χ3v) is 8.00. The Morgan fingerprint density at radius 1 is 0.364 bits per heavy atom. The Morgan fingerprint density at radius 3 is 1.82 bits per heavy atom. The molecule has 0 aliphatic rings. The van der Waals surface area contributed by atoms with Crippen molar-refractivity contribution in [1.29, 1.82) is 0 Å². The maximum absolute atomic E-state index is 9.58. The zero-order valence-corrected chi connectivity index (χ0v) is 23.1. The molecule has 9 aromatic rings. The lowest BCUT2D eigenvalue weighted by Gasteiger charge is -2.12. The predicted molar refractivity (Wildman–Crippen MR) is 186 cm³/mol. The van der Waals surface area contributed by atoms with Crippen LogP contribution < -0.4 is 0 Å². The Morgan fingerprint density at radius 2 is 1.00 bits per heavy atom. The number of hydrogen-bond donors (Lipinski definition) is 0. The average molecular weight is 574 g/mol. The predicted octanol–water partition coefficient (Wildman–Crippen LogP) is 11.2. The molecule has 0 aliphatic carbocycles. The van der Waals surface area contributed by atoms with Gasteiger partial charge in [0.1, 0.15) is 0 Å². The Bertz CT molecular complexity index is 3210. The Kier molecular flexibility index (Phi) is 3.37. The lowest BCUT2D eigenvalue weighted by Crippen LogP contribution is -1.96. The molecule has 0 saturated carbocycles. The lowest BCUT2D eigenvalue weighted by molar-refractivity contribution is 1.17. The smallest absolute Gasteiger partial charge is 0.0651 e. The molecule has 2 heteroatoms. The summed E-state index contributed by atoms with van der Waals surface area (Å²) in [6, 6.07) is 22.0. The molecular formula is C42H28N2. The number of rotatable bonds is 4. The van der Waals surface area contributed by atoms with Crippen LogP contribution in [-0.4, -0.2) is 9.13 Å². The van der Waals surface area contributed by atoms with Gasteiger partial charge in [0.2, 0.25) is 0 Å². The number of para-hydroxylation sites is 3. The molecule has 9 rings (SSSR count). The first kappa shape index (κ1) is 15.0. The second-order valence-electron chi connectivity index (χ2n) is 10.4. The highest BCUT2D eigenvalue weighted by Crippen LogP contribution is 2.37. The fourth-order valence-corrected chi connectivity index (χ4v) is 6.09. The maximum atomic E-state index is 9.58. The summed E-state index contributed by atoms with van der Waals surface area (Å²) >= 11 is 0. The summed E-state index contributed by atoms with van der Waals surface area (Å²) in [5, 5.41) is 2.53. The van der Waals surface area contributed by atoms with Gasteiger partial charge in [-0.15, -0.1) is 0 Å². The minimum atomic E-state index is -0.525. The summed E-state index contributed by atoms with van der Waals surface area (Å²) < 4.78 is 116. The second kappa shape index (κ2) is 9.86. The number of benzene rings is 7. The van der Waals surface area contributed by atoms with Crippen LogP contribution in [0.3, 0.4) is 0 Å². The Hall–Kier alpha value is -5.86. The summed E-state index contributed by atoms with van der Waals surface area (Å²) in [4.78, 5) is 0. The van der Waals surface area contributed by atoms with Gasteiger partial charge < -0.3 is 9.13 Å². The van der Waals surface area contributed by atoms with E-state index in [0.717, 1.165) is 5.39 Å². The number of nitrogens with zero attached hydrogens (tertiary/aromatic N) is 2. The molecule has 0 bridgehead atoms. The zero-order valence-electron chi connectivity index (χ0n) is 36.1. The molecule has 0 atom stereocenters. The van der Waals surface area contributed by atoms with Gasteiger partial charge in [-0.2, -0.15) is 0 Å². The van der Waals surface area contributed by atoms with Gasteiger partial charge in [-0.05, 0) is 76.8 Å². The van der Waals surface area contributed by atoms with E-state index < -0.39 is 36.3 Å². The maximum Gasteiger partial charge on any atom is 0.0651 e. The van der Waals surface area contributed by atoms with Gasteiger partial charge in [0.15, 0.2) is 0 Å². The van der Waals surface area contributed by atoms with Crippen LogP contribution in [0.5, 0.6) is 0 Å². The van der Waals surface area contributed by atoms with E-state index in [0.29, 0.717) is 49.5 Å². The van der Waals surface area contributed by atoms with Crippen molar-refractivity contribution in [3.63, 3.8) is 0 Å². The van der Waals surface area contributed by atoms with Crippen LogP contribution in [-0.2, 0) is 0 Å². The standard InChI is InChI=1S/C42H28N2/c1-2-12-29(13-3-1)30-14-10-15-31(26-30)32-16-11-17-33(27-32)43-41-23-9-6-20-37(41)38-28-34(24-25-42(38)43)44-39-21-7-4-18-35(39)36-19-5-8-22-40(36)44/h1-28H/i1D,2D,3D,4D,7D,11D,12D,13D,16D,17D,18D,21D,27D. The molecule has 0 aliphatic heterocycles. The molecule has 0 saturated heterocycles. The zero-order chi connectivity index (χ0) is 40.3. The summed E-state index contributed by atoms with van der Waals surface area (Å²) in [7, 11) is 0. The summed E-state index contributed by atoms with van der Waals surface area (Å²) in [6.45, 7) is 0. The molecule has 2 heterocycles. The molecule has 2 nitrogen and oxygen atoms in total. The van der Waals surface area contributed by atoms with Crippen molar-refractivity contribution in [3.8, 4) is 33.6 Å². The van der Waals surface area contributed by atoms with Crippen LogP contribution in [0.4, 0.5) is 0 Å². The highest BCUT2D eigenvalue weighted by atomic mass is 15.0. The molecule has 0 amide bonds. The minimum Gasteiger partial charge on any atom is -0.309 e. The van der Waals surface area contributed by atoms with Crippen molar-refractivity contribution >= 4 is 43.6 Å². The fraction of sp³-hybridized carbons (Fsp3) is 0. The Balaban J connectivity index is 1.31. The van der Waals surface area contributed by atoms with Crippen LogP contribution >= 0.6 is 0 Å². The van der Waals surface area contributed by atoms with E-state index in [1.807, 2.05) is 71.3 Å². The topological polar surface area (TPSA) is 9.86 Å². The van der Waals surface area contributed by atoms with Crippen LogP contribution in [0.1, 0.15) is 17.8 Å². The van der Waals surface area contributed by atoms with E-state index in [4.69, 9.17) is 16.4 Å². The van der Waals surface area contributed by atoms with Gasteiger partial charge in [0.05, 0.1) is 39.9 Å². The highest BCUT2D eigenvalue weighted by Gasteiger charge is 2.16. The second-order valence-corrected chi connectivity index (χ2v) is 10.4. The van der Waals surface area contributed by atoms with Crippen molar-refractivity contribution in [2.75, 3.05) is 0 Å². The molecule has 44 heavy (non-hydrogen) atoms. The molecule has 0 spiro atoms. The molecule has 7 aromatic carbocycles. The summed E-state index contributed by atoms with van der Waals surface area (Å²) in [5.74, 6) is 0. The number of hydrogen-bond acceptors (Lipinski definition) is 0. The molecule has 2 aromatic heterocycles. The number of aromatic nitrogens is 2. The van der Waals surface area contributed by atoms with E-state index in [1.165, 1.54) is 6.07 Å². The summed E-state index contributed by atoms with van der Waals surface area (Å²) in [5.41, 5.74) is 3.43. The van der Waals surface area contributed by atoms with Gasteiger partial charge in [0, 0.05) is 32.9 Å². The van der Waals surface area contributed by atoms with Gasteiger partial charge in [0.25, 0.3) is 0 Å². The van der Waals surface area contributed by atoms with Crippen molar-refractivity contribution in [3.05, 3.63) is 170 Å². The molecule has 0 unspecified atom stereocenters. The fourth-order valence-electron chi connectivity index (χ4n) is 6.09. The van der Waals surface area contributed by atoms with Crippen molar-refractivity contribution in [2.45, 2.75) is 0 Å². The SMILES string of the molecule is [2H]c1c([2H])c([2H])c(-c2cccc(-c3c([2H])c([2H])c([2H])c(-n4c5ccccc5c5cc(-n6c7ccccc7c7c([2H])c([2H])c([2H])c([2H])c76)ccc54)c3[2H])c2)c([2H])c1[2H]. The minimum absolute atomic E-state index is 0.0298. The summed E-state index contributed by atoms with van der Waals surface area (Å²) in [6.07, 6.45) is 0. The van der Waals surface area contributed by atoms with Gasteiger partial charge in [-0.3, -0.25) is 0 Å². The van der Waals surface area contributed by atoms with Crippen LogP contribution in [0.15, 0.2) is 170 Å². The monoisotopic (exact) mass is 573 g/mol. The van der Waals surface area contributed by atoms with E-state index in [1.54, 1.807) is 22.8 Å². The van der Waals surface area contributed by atoms with Gasteiger partial charge >= 0.3 is 0 Å². The van der Waals surface area contributed by atoms with E-state index in [-0.39, 0.29) is 64.7 Å². The van der Waals surface area contributed by atoms with Gasteiger partial charge in [-0.25, -0.2) is 0 Å². The molecule has 0 radical (unpaired) electrons. The van der Waals surface area contributed by atoms with E-state index in [9.17, 15) is 1.37 Å². The first-order chi connectivity index (χ1) is 27.2. The normalized spacial score (nSPS) is 15.8. The quantitative estimate of drug-likeness (QED) is 0.198. The highest BCUT2D eigenvalue weighted by molar-refractivity contribution is 6.12. The first-order valence-electron chi connectivity index (χ1n) is 20.6. The molecule has 0 N–H and O–H groups in total. The van der Waals surface area contributed by atoms with Crippen LogP contribution in [0.2, 0.25) is 0 Å². The third-order valence-electron chi connectivity index (χ3n) is 8.00. The van der Waals surface area contributed by atoms with E-state index in [2.05, 4.69) is 0 Å². The molecule has 0 fully saturated rings. The Labute approximate surface area is 273 Å².